The summed E-state index contributed by atoms with van der Waals surface area (Å²) in [5.74, 6) is -0.257. The van der Waals surface area contributed by atoms with Gasteiger partial charge in [0.2, 0.25) is 0 Å². The summed E-state index contributed by atoms with van der Waals surface area (Å²) in [5, 5.41) is 0.593. The van der Waals surface area contributed by atoms with E-state index in [4.69, 9.17) is 11.6 Å². The van der Waals surface area contributed by atoms with Gasteiger partial charge in [0.05, 0.1) is 7.52 Å². The van der Waals surface area contributed by atoms with Gasteiger partial charge in [-0.3, -0.25) is 0 Å². The van der Waals surface area contributed by atoms with Crippen LogP contribution in [0.3, 0.4) is 0 Å². The highest BCUT2D eigenvalue weighted by Crippen LogP contribution is 2.30. The summed E-state index contributed by atoms with van der Waals surface area (Å²) in [4.78, 5) is 0. The molecule has 0 aliphatic rings. The van der Waals surface area contributed by atoms with Gasteiger partial charge in [-0.15, -0.1) is 0 Å². The molecule has 0 amide bonds. The minimum Gasteiger partial charge on any atom is -0.207 e. The van der Waals surface area contributed by atoms with Crippen LogP contribution in [0.25, 0.3) is 5.03 Å². The van der Waals surface area contributed by atoms with E-state index in [0.717, 1.165) is 8.05 Å². The van der Waals surface area contributed by atoms with Gasteiger partial charge >= 0.3 is 0 Å². The van der Waals surface area contributed by atoms with Gasteiger partial charge in [0.25, 0.3) is 0 Å². The van der Waals surface area contributed by atoms with Crippen LogP contribution in [0.5, 0.6) is 0 Å². The summed E-state index contributed by atoms with van der Waals surface area (Å²) < 4.78 is 13.3. The van der Waals surface area contributed by atoms with Crippen LogP contribution in [0, 0.1) is 5.82 Å². The van der Waals surface area contributed by atoms with Crippen molar-refractivity contribution in [3.63, 3.8) is 0 Å². The Labute approximate surface area is 97.1 Å². The summed E-state index contributed by atoms with van der Waals surface area (Å²) in [6.07, 6.45) is 0. The smallest absolute Gasteiger partial charge is 0.123 e. The fourth-order valence-electron chi connectivity index (χ4n) is 0.705. The van der Waals surface area contributed by atoms with E-state index in [-0.39, 0.29) is 5.82 Å². The highest BCUT2D eigenvalue weighted by atomic mass is 127. The second kappa shape index (κ2) is 4.58. The van der Waals surface area contributed by atoms with Crippen LogP contribution < -0.4 is 0 Å². The normalized spacial score (nSPS) is 12.7. The van der Waals surface area contributed by atoms with E-state index < -0.39 is 0 Å². The monoisotopic (exact) mass is 360 g/mol. The van der Waals surface area contributed by atoms with Crippen molar-refractivity contribution in [1.29, 1.82) is 0 Å². The van der Waals surface area contributed by atoms with Crippen molar-refractivity contribution in [3.05, 3.63) is 38.1 Å². The Bertz CT molecular complexity index is 303. The van der Waals surface area contributed by atoms with Crippen LogP contribution in [0.15, 0.2) is 26.8 Å². The summed E-state index contributed by atoms with van der Waals surface area (Å²) in [6.45, 7) is 0. The van der Waals surface area contributed by atoms with E-state index >= 15 is 0 Å². The molecule has 0 radical (unpaired) electrons. The maximum absolute atomic E-state index is 12.5. The lowest BCUT2D eigenvalue weighted by atomic mass is 10.2. The quantitative estimate of drug-likeness (QED) is 0.645. The molecule has 0 aromatic heterocycles. The third-order valence-corrected chi connectivity index (χ3v) is 3.15. The first-order chi connectivity index (χ1) is 5.61. The molecule has 4 heteroatoms. The summed E-state index contributed by atoms with van der Waals surface area (Å²) >= 11 is 11.2. The maximum Gasteiger partial charge on any atom is 0.123 e. The molecule has 0 heterocycles. The van der Waals surface area contributed by atoms with E-state index in [1.807, 2.05) is 0 Å². The number of hydrogen-bond donors (Lipinski definition) is 0. The lowest BCUT2D eigenvalue weighted by Crippen LogP contribution is -1.78. The first kappa shape index (κ1) is 10.5. The molecule has 0 N–H and O–H groups in total. The van der Waals surface area contributed by atoms with Crippen molar-refractivity contribution < 1.29 is 4.39 Å². The van der Waals surface area contributed by atoms with Gasteiger partial charge in [-0.2, -0.15) is 0 Å². The predicted molar refractivity (Wildman–Crippen MR) is 62.1 cm³/mol. The van der Waals surface area contributed by atoms with Crippen LogP contribution in [0.2, 0.25) is 0 Å². The van der Waals surface area contributed by atoms with Gasteiger partial charge in [-0.1, -0.05) is 23.7 Å². The molecule has 1 aromatic carbocycles. The Balaban J connectivity index is 3.06. The molecule has 0 aliphatic heterocycles. The molecule has 1 aromatic rings. The fraction of sp³-hybridized carbons (Fsp3) is 0. The first-order valence-corrected chi connectivity index (χ1v) is 5.33. The minimum absolute atomic E-state index is 0.257. The van der Waals surface area contributed by atoms with E-state index in [0.29, 0.717) is 5.03 Å². The zero-order chi connectivity index (χ0) is 9.14. The van der Waals surface area contributed by atoms with Crippen LogP contribution in [-0.4, -0.2) is 0 Å². The molecular formula is C8H4BrClFI. The third kappa shape index (κ3) is 2.71. The average Bonchev–Trinajstić information content (AvgIpc) is 2.04. The van der Waals surface area contributed by atoms with Crippen molar-refractivity contribution in [2.75, 3.05) is 0 Å². The van der Waals surface area contributed by atoms with Crippen molar-refractivity contribution >= 4 is 55.2 Å². The zero-order valence-electron chi connectivity index (χ0n) is 5.82. The maximum atomic E-state index is 12.5. The second-order valence-corrected chi connectivity index (χ2v) is 5.81. The lowest BCUT2D eigenvalue weighted by molar-refractivity contribution is 0.628. The third-order valence-electron chi connectivity index (χ3n) is 1.26. The van der Waals surface area contributed by atoms with E-state index in [1.165, 1.54) is 12.1 Å². The van der Waals surface area contributed by atoms with Gasteiger partial charge in [0, 0.05) is 0 Å². The molecule has 0 spiro atoms. The molecule has 0 atom stereocenters. The predicted octanol–water partition coefficient (Wildman–Crippen LogP) is 4.52. The Morgan fingerprint density at radius 2 is 1.83 bits per heavy atom. The molecule has 1 rings (SSSR count). The van der Waals surface area contributed by atoms with Crippen molar-refractivity contribution in [2.45, 2.75) is 0 Å². The fourth-order valence-corrected chi connectivity index (χ4v) is 1.37. The summed E-state index contributed by atoms with van der Waals surface area (Å²) in [7, 11) is 0. The zero-order valence-corrected chi connectivity index (χ0v) is 10.3. The topological polar surface area (TPSA) is 0 Å². The number of benzene rings is 1. The second-order valence-electron chi connectivity index (χ2n) is 2.08. The number of hydrogen-bond acceptors (Lipinski definition) is 0. The SMILES string of the molecule is Fc1ccc(C(Cl)=C(Br)I)cc1. The lowest BCUT2D eigenvalue weighted by Gasteiger charge is -1.98. The van der Waals surface area contributed by atoms with Crippen LogP contribution >= 0.6 is 50.1 Å². The summed E-state index contributed by atoms with van der Waals surface area (Å²) in [6, 6.07) is 6.03. The molecule has 0 saturated heterocycles. The highest BCUT2D eigenvalue weighted by molar-refractivity contribution is 14.1. The minimum atomic E-state index is -0.257. The number of rotatable bonds is 1. The number of halogens is 4. The van der Waals surface area contributed by atoms with E-state index in [9.17, 15) is 4.39 Å². The molecule has 0 bridgehead atoms. The molecule has 0 unspecified atom stereocenters. The van der Waals surface area contributed by atoms with Gasteiger partial charge in [-0.05, 0) is 56.2 Å². The largest absolute Gasteiger partial charge is 0.207 e. The Morgan fingerprint density at radius 3 is 2.25 bits per heavy atom. The Morgan fingerprint density at radius 1 is 1.33 bits per heavy atom. The first-order valence-electron chi connectivity index (χ1n) is 3.08. The van der Waals surface area contributed by atoms with E-state index in [2.05, 4.69) is 38.5 Å². The van der Waals surface area contributed by atoms with Crippen molar-refractivity contribution in [3.8, 4) is 0 Å². The van der Waals surface area contributed by atoms with Gasteiger partial charge < -0.3 is 0 Å². The molecule has 12 heavy (non-hydrogen) atoms. The van der Waals surface area contributed by atoms with E-state index in [1.54, 1.807) is 12.1 Å². The van der Waals surface area contributed by atoms with Crippen LogP contribution in [0.4, 0.5) is 4.39 Å². The molecule has 0 aliphatic carbocycles. The summed E-state index contributed by atoms with van der Waals surface area (Å²) in [5.41, 5.74) is 0.805. The molecule has 64 valence electrons. The van der Waals surface area contributed by atoms with Gasteiger partial charge in [0.15, 0.2) is 0 Å². The molecular weight excluding hydrogens is 357 g/mol. The van der Waals surface area contributed by atoms with Crippen LogP contribution in [0.1, 0.15) is 5.56 Å². The highest BCUT2D eigenvalue weighted by Gasteiger charge is 2.01. The van der Waals surface area contributed by atoms with Gasteiger partial charge in [-0.25, -0.2) is 4.39 Å². The Hall–Kier alpha value is 0.390. The van der Waals surface area contributed by atoms with Gasteiger partial charge in [0.1, 0.15) is 5.82 Å². The van der Waals surface area contributed by atoms with Crippen molar-refractivity contribution in [2.24, 2.45) is 0 Å². The molecule has 0 nitrogen and oxygen atoms in total. The standard InChI is InChI=1S/C8H4BrClFI/c9-8(12)7(10)5-1-3-6(11)4-2-5/h1-4H. The molecule has 0 saturated carbocycles. The molecule has 0 fully saturated rings. The van der Waals surface area contributed by atoms with Crippen LogP contribution in [-0.2, 0) is 0 Å². The average molecular weight is 361 g/mol. The Kier molecular flexibility index (Phi) is 3.99. The van der Waals surface area contributed by atoms with Crippen molar-refractivity contribution in [1.82, 2.24) is 0 Å².